The van der Waals surface area contributed by atoms with Crippen LogP contribution >= 0.6 is 15.9 Å². The zero-order valence-electron chi connectivity index (χ0n) is 10.5. The molecule has 0 bridgehead atoms. The highest BCUT2D eigenvalue weighted by atomic mass is 79.9. The minimum Gasteiger partial charge on any atom is -0.395 e. The lowest BCUT2D eigenvalue weighted by Crippen LogP contribution is -2.09. The van der Waals surface area contributed by atoms with E-state index >= 15 is 0 Å². The van der Waals surface area contributed by atoms with Crippen molar-refractivity contribution in [2.45, 2.75) is 20.3 Å². The Labute approximate surface area is 115 Å². The van der Waals surface area contributed by atoms with Crippen LogP contribution in [-0.2, 0) is 6.42 Å². The van der Waals surface area contributed by atoms with Crippen LogP contribution in [0.15, 0.2) is 16.6 Å². The van der Waals surface area contributed by atoms with E-state index in [2.05, 4.69) is 37.3 Å². The van der Waals surface area contributed by atoms with Gasteiger partial charge in [-0.15, -0.1) is 0 Å². The molecule has 1 aromatic carbocycles. The van der Waals surface area contributed by atoms with Gasteiger partial charge in [0.05, 0.1) is 12.1 Å². The number of aliphatic hydroxyl groups is 1. The van der Waals surface area contributed by atoms with Crippen molar-refractivity contribution in [1.29, 1.82) is 0 Å². The smallest absolute Gasteiger partial charge is 0.137 e. The summed E-state index contributed by atoms with van der Waals surface area (Å²) in [4.78, 5) is 9.03. The number of benzene rings is 1. The molecule has 2 rings (SSSR count). The Morgan fingerprint density at radius 3 is 2.78 bits per heavy atom. The molecule has 4 nitrogen and oxygen atoms in total. The van der Waals surface area contributed by atoms with Crippen LogP contribution in [0.4, 0.5) is 5.82 Å². The summed E-state index contributed by atoms with van der Waals surface area (Å²) in [6.07, 6.45) is 0.782. The molecule has 2 aromatic rings. The van der Waals surface area contributed by atoms with Crippen molar-refractivity contribution < 1.29 is 5.11 Å². The van der Waals surface area contributed by atoms with Gasteiger partial charge >= 0.3 is 0 Å². The highest BCUT2D eigenvalue weighted by Crippen LogP contribution is 2.28. The number of aliphatic hydroxyl groups excluding tert-OH is 1. The molecule has 0 aliphatic rings. The summed E-state index contributed by atoms with van der Waals surface area (Å²) in [7, 11) is 0. The first-order chi connectivity index (χ1) is 8.65. The Balaban J connectivity index is 2.64. The van der Waals surface area contributed by atoms with Crippen molar-refractivity contribution >= 4 is 32.7 Å². The number of aryl methyl sites for hydroxylation is 2. The van der Waals surface area contributed by atoms with Crippen molar-refractivity contribution in [2.75, 3.05) is 18.5 Å². The molecule has 0 radical (unpaired) electrons. The second-order valence-corrected chi connectivity index (χ2v) is 4.99. The van der Waals surface area contributed by atoms with Gasteiger partial charge in [-0.1, -0.05) is 6.92 Å². The van der Waals surface area contributed by atoms with E-state index in [-0.39, 0.29) is 6.61 Å². The SMILES string of the molecule is CCc1nc(NCCO)c2cc(C)cc(Br)c2n1. The van der Waals surface area contributed by atoms with Crippen LogP contribution in [0.2, 0.25) is 0 Å². The maximum atomic E-state index is 8.92. The maximum absolute atomic E-state index is 8.92. The molecule has 2 N–H and O–H groups in total. The Bertz CT molecular complexity index is 572. The van der Waals surface area contributed by atoms with Gasteiger partial charge in [0.15, 0.2) is 0 Å². The molecular formula is C13H16BrN3O. The van der Waals surface area contributed by atoms with Gasteiger partial charge < -0.3 is 10.4 Å². The number of nitrogens with zero attached hydrogens (tertiary/aromatic N) is 2. The molecule has 96 valence electrons. The number of fused-ring (bicyclic) bond motifs is 1. The molecule has 0 aliphatic heterocycles. The molecule has 0 unspecified atom stereocenters. The zero-order valence-corrected chi connectivity index (χ0v) is 12.1. The lowest BCUT2D eigenvalue weighted by atomic mass is 10.1. The van der Waals surface area contributed by atoms with Gasteiger partial charge in [0.25, 0.3) is 0 Å². The summed E-state index contributed by atoms with van der Waals surface area (Å²) >= 11 is 3.55. The number of anilines is 1. The second kappa shape index (κ2) is 5.63. The van der Waals surface area contributed by atoms with Gasteiger partial charge in [0.2, 0.25) is 0 Å². The molecule has 18 heavy (non-hydrogen) atoms. The Kier molecular flexibility index (Phi) is 4.14. The quantitative estimate of drug-likeness (QED) is 0.911. The van der Waals surface area contributed by atoms with Crippen molar-refractivity contribution in [2.24, 2.45) is 0 Å². The highest BCUT2D eigenvalue weighted by Gasteiger charge is 2.10. The van der Waals surface area contributed by atoms with E-state index in [1.54, 1.807) is 0 Å². The fraction of sp³-hybridized carbons (Fsp3) is 0.385. The van der Waals surface area contributed by atoms with Crippen LogP contribution < -0.4 is 5.32 Å². The average molecular weight is 310 g/mol. The number of halogens is 1. The zero-order chi connectivity index (χ0) is 13.1. The van der Waals surface area contributed by atoms with Crippen molar-refractivity contribution in [3.05, 3.63) is 28.0 Å². The van der Waals surface area contributed by atoms with Gasteiger partial charge in [-0.3, -0.25) is 0 Å². The van der Waals surface area contributed by atoms with Crippen LogP contribution in [0.5, 0.6) is 0 Å². The predicted molar refractivity (Wildman–Crippen MR) is 76.9 cm³/mol. The van der Waals surface area contributed by atoms with Crippen LogP contribution in [0, 0.1) is 6.92 Å². The normalized spacial score (nSPS) is 10.9. The topological polar surface area (TPSA) is 58.0 Å². The molecule has 0 saturated heterocycles. The lowest BCUT2D eigenvalue weighted by molar-refractivity contribution is 0.311. The largest absolute Gasteiger partial charge is 0.395 e. The minimum atomic E-state index is 0.0833. The van der Waals surface area contributed by atoms with Gasteiger partial charge in [-0.25, -0.2) is 9.97 Å². The van der Waals surface area contributed by atoms with E-state index in [1.165, 1.54) is 0 Å². The number of hydrogen-bond acceptors (Lipinski definition) is 4. The fourth-order valence-electron chi connectivity index (χ4n) is 1.84. The first-order valence-electron chi connectivity index (χ1n) is 5.97. The standard InChI is InChI=1S/C13H16BrN3O/c1-3-11-16-12-9(6-8(2)7-10(12)14)13(17-11)15-4-5-18/h6-7,18H,3-5H2,1-2H3,(H,15,16,17). The second-order valence-electron chi connectivity index (χ2n) is 4.14. The third-order valence-electron chi connectivity index (χ3n) is 2.67. The number of hydrogen-bond donors (Lipinski definition) is 2. The maximum Gasteiger partial charge on any atom is 0.137 e. The highest BCUT2D eigenvalue weighted by molar-refractivity contribution is 9.10. The molecule has 0 aliphatic carbocycles. The Morgan fingerprint density at radius 2 is 2.11 bits per heavy atom. The first kappa shape index (κ1) is 13.2. The summed E-state index contributed by atoms with van der Waals surface area (Å²) in [6.45, 7) is 4.63. The third-order valence-corrected chi connectivity index (χ3v) is 3.27. The Morgan fingerprint density at radius 1 is 1.33 bits per heavy atom. The molecule has 1 aromatic heterocycles. The predicted octanol–water partition coefficient (Wildman–Crippen LogP) is 2.67. The first-order valence-corrected chi connectivity index (χ1v) is 6.76. The monoisotopic (exact) mass is 309 g/mol. The molecule has 0 atom stereocenters. The van der Waals surface area contributed by atoms with Gasteiger partial charge in [0, 0.05) is 22.8 Å². The number of aromatic nitrogens is 2. The molecule has 0 spiro atoms. The average Bonchev–Trinajstić information content (AvgIpc) is 2.36. The molecule has 0 saturated carbocycles. The summed E-state index contributed by atoms with van der Waals surface area (Å²) in [6, 6.07) is 4.10. The van der Waals surface area contributed by atoms with Crippen molar-refractivity contribution in [3.8, 4) is 0 Å². The molecule has 1 heterocycles. The van der Waals surface area contributed by atoms with Crippen LogP contribution in [-0.4, -0.2) is 28.2 Å². The van der Waals surface area contributed by atoms with Gasteiger partial charge in [-0.05, 0) is 40.5 Å². The van der Waals surface area contributed by atoms with Crippen molar-refractivity contribution in [1.82, 2.24) is 9.97 Å². The fourth-order valence-corrected chi connectivity index (χ4v) is 2.50. The number of rotatable bonds is 4. The summed E-state index contributed by atoms with van der Waals surface area (Å²) in [5.41, 5.74) is 2.06. The summed E-state index contributed by atoms with van der Waals surface area (Å²) in [5, 5.41) is 13.0. The minimum absolute atomic E-state index is 0.0833. The van der Waals surface area contributed by atoms with Crippen LogP contribution in [0.3, 0.4) is 0 Å². The molecule has 0 fully saturated rings. The summed E-state index contributed by atoms with van der Waals surface area (Å²) in [5.74, 6) is 1.59. The molecule has 0 amide bonds. The Hall–Kier alpha value is -1.20. The number of nitrogens with one attached hydrogen (secondary N) is 1. The molecular weight excluding hydrogens is 294 g/mol. The molecule has 5 heteroatoms. The van der Waals surface area contributed by atoms with Gasteiger partial charge in [-0.2, -0.15) is 0 Å². The van der Waals surface area contributed by atoms with Gasteiger partial charge in [0.1, 0.15) is 11.6 Å². The van der Waals surface area contributed by atoms with E-state index in [0.717, 1.165) is 39.0 Å². The third kappa shape index (κ3) is 2.62. The van der Waals surface area contributed by atoms with E-state index in [0.29, 0.717) is 6.54 Å². The van der Waals surface area contributed by atoms with Crippen LogP contribution in [0.1, 0.15) is 18.3 Å². The van der Waals surface area contributed by atoms with E-state index < -0.39 is 0 Å². The van der Waals surface area contributed by atoms with Crippen molar-refractivity contribution in [3.63, 3.8) is 0 Å². The summed E-state index contributed by atoms with van der Waals surface area (Å²) < 4.78 is 0.974. The van der Waals surface area contributed by atoms with E-state index in [4.69, 9.17) is 5.11 Å². The van der Waals surface area contributed by atoms with E-state index in [9.17, 15) is 0 Å². The lowest BCUT2D eigenvalue weighted by Gasteiger charge is -2.11. The van der Waals surface area contributed by atoms with E-state index in [1.807, 2.05) is 19.9 Å². The van der Waals surface area contributed by atoms with Crippen LogP contribution in [0.25, 0.3) is 10.9 Å².